The number of benzene rings is 1. The summed E-state index contributed by atoms with van der Waals surface area (Å²) in [4.78, 5) is 15.3. The van der Waals surface area contributed by atoms with Crippen LogP contribution in [0.2, 0.25) is 0 Å². The van der Waals surface area contributed by atoms with Gasteiger partial charge in [-0.05, 0) is 70.0 Å². The molecule has 0 spiro atoms. The van der Waals surface area contributed by atoms with Crippen molar-refractivity contribution in [2.24, 2.45) is 0 Å². The first kappa shape index (κ1) is 23.7. The molecule has 0 bridgehead atoms. The van der Waals surface area contributed by atoms with E-state index in [0.29, 0.717) is 13.2 Å². The molecule has 0 radical (unpaired) electrons. The van der Waals surface area contributed by atoms with E-state index in [0.717, 1.165) is 43.7 Å². The van der Waals surface area contributed by atoms with E-state index in [1.165, 1.54) is 38.8 Å². The van der Waals surface area contributed by atoms with Crippen LogP contribution in [0, 0.1) is 0 Å². The smallest absolute Gasteiger partial charge is 0.256 e. The molecule has 5 nitrogen and oxygen atoms in total. The quantitative estimate of drug-likeness (QED) is 0.516. The fraction of sp³-hybridized carbons (Fsp3) is 0.708. The highest BCUT2D eigenvalue weighted by atomic mass is 16.5. The van der Waals surface area contributed by atoms with E-state index in [1.807, 2.05) is 31.2 Å². The second-order valence-electron chi connectivity index (χ2n) is 8.27. The highest BCUT2D eigenvalue weighted by Gasteiger charge is 2.33. The molecule has 0 aliphatic carbocycles. The number of anilines is 1. The van der Waals surface area contributed by atoms with Crippen molar-refractivity contribution in [2.45, 2.75) is 77.7 Å². The van der Waals surface area contributed by atoms with Crippen molar-refractivity contribution in [3.63, 3.8) is 0 Å². The van der Waals surface area contributed by atoms with Crippen molar-refractivity contribution in [3.05, 3.63) is 24.3 Å². The topological polar surface area (TPSA) is 50.8 Å². The van der Waals surface area contributed by atoms with Gasteiger partial charge in [-0.1, -0.05) is 39.5 Å². The first-order chi connectivity index (χ1) is 14.1. The third-order valence-corrected chi connectivity index (χ3v) is 5.60. The van der Waals surface area contributed by atoms with Crippen LogP contribution in [0.25, 0.3) is 0 Å². The molecule has 0 saturated carbocycles. The van der Waals surface area contributed by atoms with Gasteiger partial charge in [0.1, 0.15) is 18.0 Å². The first-order valence-corrected chi connectivity index (χ1v) is 11.5. The van der Waals surface area contributed by atoms with E-state index >= 15 is 0 Å². The Kier molecular flexibility index (Phi) is 10.5. The normalized spacial score (nSPS) is 17.3. The van der Waals surface area contributed by atoms with E-state index in [9.17, 15) is 4.79 Å². The number of rotatable bonds is 12. The van der Waals surface area contributed by atoms with E-state index in [4.69, 9.17) is 9.47 Å². The highest BCUT2D eigenvalue weighted by Crippen LogP contribution is 2.23. The Morgan fingerprint density at radius 1 is 1.03 bits per heavy atom. The van der Waals surface area contributed by atoms with E-state index in [1.54, 1.807) is 0 Å². The summed E-state index contributed by atoms with van der Waals surface area (Å²) in [6.45, 7) is 10.7. The summed E-state index contributed by atoms with van der Waals surface area (Å²) in [6.07, 6.45) is 8.95. The van der Waals surface area contributed by atoms with Crippen LogP contribution in [0.15, 0.2) is 24.3 Å². The fourth-order valence-corrected chi connectivity index (χ4v) is 3.64. The van der Waals surface area contributed by atoms with Gasteiger partial charge in [0.15, 0.2) is 0 Å². The first-order valence-electron chi connectivity index (χ1n) is 11.5. The Morgan fingerprint density at radius 2 is 1.72 bits per heavy atom. The monoisotopic (exact) mass is 404 g/mol. The standard InChI is InChI=1S/C24H40N2O3/c1-4-6-15-24(3,29-19-5-2)23(27)25-21-11-13-22(14-12-21)28-20-18-26-16-9-7-8-10-17-26/h11-14H,4-10,15-20H2,1-3H3,(H,25,27)/t24-/m1/s1. The largest absolute Gasteiger partial charge is 0.492 e. The maximum absolute atomic E-state index is 12.8. The van der Waals surface area contributed by atoms with Crippen LogP contribution in [0.3, 0.4) is 0 Å². The number of likely N-dealkylation sites (tertiary alicyclic amines) is 1. The molecule has 1 N–H and O–H groups in total. The van der Waals surface area contributed by atoms with Gasteiger partial charge in [0.25, 0.3) is 5.91 Å². The van der Waals surface area contributed by atoms with Crippen molar-refractivity contribution in [1.82, 2.24) is 4.90 Å². The summed E-state index contributed by atoms with van der Waals surface area (Å²) in [6, 6.07) is 7.65. The second-order valence-corrected chi connectivity index (χ2v) is 8.27. The average molecular weight is 405 g/mol. The van der Waals surface area contributed by atoms with Gasteiger partial charge < -0.3 is 14.8 Å². The summed E-state index contributed by atoms with van der Waals surface area (Å²) < 4.78 is 11.8. The molecule has 5 heteroatoms. The molecule has 0 aromatic heterocycles. The van der Waals surface area contributed by atoms with Crippen molar-refractivity contribution in [1.29, 1.82) is 0 Å². The Labute approximate surface area is 177 Å². The number of carbonyl (C=O) groups is 1. The summed E-state index contributed by atoms with van der Waals surface area (Å²) in [5.74, 6) is 0.767. The van der Waals surface area contributed by atoms with Gasteiger partial charge in [0, 0.05) is 18.8 Å². The zero-order chi connectivity index (χ0) is 21.0. The molecule has 164 valence electrons. The van der Waals surface area contributed by atoms with Crippen molar-refractivity contribution < 1.29 is 14.3 Å². The SMILES string of the molecule is CCCC[C@@](C)(OCCC)C(=O)Nc1ccc(OCCN2CCCCCC2)cc1. The van der Waals surface area contributed by atoms with Gasteiger partial charge in [0.05, 0.1) is 0 Å². The zero-order valence-corrected chi connectivity index (χ0v) is 18.7. The van der Waals surface area contributed by atoms with Crippen LogP contribution in [0.4, 0.5) is 5.69 Å². The van der Waals surface area contributed by atoms with Crippen molar-refractivity contribution >= 4 is 11.6 Å². The number of carbonyl (C=O) groups excluding carboxylic acids is 1. The Bertz CT molecular complexity index is 572. The molecular formula is C24H40N2O3. The molecule has 1 fully saturated rings. The van der Waals surface area contributed by atoms with E-state index < -0.39 is 5.60 Å². The molecule has 1 aliphatic rings. The lowest BCUT2D eigenvalue weighted by Crippen LogP contribution is -2.43. The molecule has 1 aromatic carbocycles. The molecule has 1 aliphatic heterocycles. The van der Waals surface area contributed by atoms with Crippen molar-refractivity contribution in [3.8, 4) is 5.75 Å². The number of nitrogens with zero attached hydrogens (tertiary/aromatic N) is 1. The number of unbranched alkanes of at least 4 members (excludes halogenated alkanes) is 1. The van der Waals surface area contributed by atoms with Gasteiger partial charge in [-0.25, -0.2) is 0 Å². The minimum Gasteiger partial charge on any atom is -0.492 e. The summed E-state index contributed by atoms with van der Waals surface area (Å²) in [5.41, 5.74) is -0.00775. The number of ether oxygens (including phenoxy) is 2. The molecule has 0 unspecified atom stereocenters. The van der Waals surface area contributed by atoms with Gasteiger partial charge in [-0.3, -0.25) is 9.69 Å². The molecular weight excluding hydrogens is 364 g/mol. The van der Waals surface area contributed by atoms with E-state index in [-0.39, 0.29) is 5.91 Å². The molecule has 1 saturated heterocycles. The van der Waals surface area contributed by atoms with Crippen LogP contribution in [0.5, 0.6) is 5.75 Å². The number of hydrogen-bond acceptors (Lipinski definition) is 4. The average Bonchev–Trinajstić information content (AvgIpc) is 3.01. The molecule has 1 aromatic rings. The van der Waals surface area contributed by atoms with Crippen LogP contribution in [0.1, 0.15) is 72.1 Å². The number of hydrogen-bond donors (Lipinski definition) is 1. The van der Waals surface area contributed by atoms with Crippen LogP contribution < -0.4 is 10.1 Å². The molecule has 2 rings (SSSR count). The summed E-state index contributed by atoms with van der Waals surface area (Å²) in [7, 11) is 0. The summed E-state index contributed by atoms with van der Waals surface area (Å²) in [5, 5.41) is 3.01. The lowest BCUT2D eigenvalue weighted by molar-refractivity contribution is -0.140. The Balaban J connectivity index is 1.82. The fourth-order valence-electron chi connectivity index (χ4n) is 3.64. The Hall–Kier alpha value is -1.59. The lowest BCUT2D eigenvalue weighted by Gasteiger charge is -2.28. The number of nitrogens with one attached hydrogen (secondary N) is 1. The number of amides is 1. The second kappa shape index (κ2) is 12.9. The zero-order valence-electron chi connectivity index (χ0n) is 18.7. The third-order valence-electron chi connectivity index (χ3n) is 5.60. The van der Waals surface area contributed by atoms with Crippen LogP contribution in [-0.2, 0) is 9.53 Å². The van der Waals surface area contributed by atoms with Gasteiger partial charge in [0.2, 0.25) is 0 Å². The third kappa shape index (κ3) is 8.35. The van der Waals surface area contributed by atoms with Crippen LogP contribution >= 0.6 is 0 Å². The molecule has 1 heterocycles. The van der Waals surface area contributed by atoms with Gasteiger partial charge >= 0.3 is 0 Å². The van der Waals surface area contributed by atoms with Gasteiger partial charge in [-0.2, -0.15) is 0 Å². The minimum atomic E-state index is -0.783. The molecule has 29 heavy (non-hydrogen) atoms. The Morgan fingerprint density at radius 3 is 2.34 bits per heavy atom. The maximum Gasteiger partial charge on any atom is 0.256 e. The van der Waals surface area contributed by atoms with Gasteiger partial charge in [-0.15, -0.1) is 0 Å². The minimum absolute atomic E-state index is 0.0748. The molecule has 1 atom stereocenters. The highest BCUT2D eigenvalue weighted by molar-refractivity contribution is 5.97. The predicted molar refractivity (Wildman–Crippen MR) is 120 cm³/mol. The van der Waals surface area contributed by atoms with Crippen molar-refractivity contribution in [2.75, 3.05) is 38.2 Å². The molecule has 1 amide bonds. The maximum atomic E-state index is 12.8. The van der Waals surface area contributed by atoms with Crippen LogP contribution in [-0.4, -0.2) is 49.3 Å². The predicted octanol–water partition coefficient (Wildman–Crippen LogP) is 5.26. The lowest BCUT2D eigenvalue weighted by atomic mass is 9.97. The summed E-state index contributed by atoms with van der Waals surface area (Å²) >= 11 is 0. The van der Waals surface area contributed by atoms with E-state index in [2.05, 4.69) is 24.1 Å².